The fraction of sp³-hybridized carbons (Fsp3) is 0.684. The lowest BCUT2D eigenvalue weighted by Gasteiger charge is -2.34. The molecule has 3 nitrogen and oxygen atoms in total. The molecule has 3 atom stereocenters. The van der Waals surface area contributed by atoms with Crippen LogP contribution in [0.1, 0.15) is 57.9 Å². The molecule has 0 radical (unpaired) electrons. The number of aliphatic hydroxyl groups is 1. The van der Waals surface area contributed by atoms with E-state index in [2.05, 4.69) is 37.8 Å². The summed E-state index contributed by atoms with van der Waals surface area (Å²) in [6.07, 6.45) is 4.46. The Morgan fingerprint density at radius 2 is 2.09 bits per heavy atom. The predicted octanol–water partition coefficient (Wildman–Crippen LogP) is 3.81. The molecule has 1 aliphatic heterocycles. The monoisotopic (exact) mass is 305 g/mol. The van der Waals surface area contributed by atoms with Crippen molar-refractivity contribution in [1.82, 2.24) is 4.90 Å². The van der Waals surface area contributed by atoms with Crippen LogP contribution in [0.3, 0.4) is 0 Å². The van der Waals surface area contributed by atoms with Gasteiger partial charge in [0.15, 0.2) is 0 Å². The molecule has 3 heteroatoms. The Balaban J connectivity index is 1.87. The van der Waals surface area contributed by atoms with E-state index < -0.39 is 6.10 Å². The number of nitrogens with zero attached hydrogens (tertiary/aromatic N) is 1. The minimum atomic E-state index is -0.425. The first-order chi connectivity index (χ1) is 10.6. The Labute approximate surface area is 135 Å². The van der Waals surface area contributed by atoms with E-state index in [-0.39, 0.29) is 0 Å². The number of aliphatic hydroxyl groups excluding tert-OH is 1. The smallest absolute Gasteiger partial charge is 0.122 e. The molecule has 1 fully saturated rings. The van der Waals surface area contributed by atoms with Crippen molar-refractivity contribution in [3.05, 3.63) is 29.8 Å². The number of rotatable bonds is 7. The molecule has 1 saturated heterocycles. The molecule has 1 aromatic carbocycles. The Morgan fingerprint density at radius 1 is 1.32 bits per heavy atom. The molecule has 22 heavy (non-hydrogen) atoms. The maximum Gasteiger partial charge on any atom is 0.122 e. The summed E-state index contributed by atoms with van der Waals surface area (Å²) in [5.41, 5.74) is 1.24. The lowest BCUT2D eigenvalue weighted by atomic mass is 9.98. The van der Waals surface area contributed by atoms with Crippen molar-refractivity contribution in [2.24, 2.45) is 0 Å². The summed E-state index contributed by atoms with van der Waals surface area (Å²) in [5.74, 6) is 1.40. The van der Waals surface area contributed by atoms with Crippen LogP contribution in [-0.2, 0) is 0 Å². The van der Waals surface area contributed by atoms with Crippen LogP contribution in [0.15, 0.2) is 24.3 Å². The van der Waals surface area contributed by atoms with Gasteiger partial charge in [0.2, 0.25) is 0 Å². The third-order valence-electron chi connectivity index (χ3n) is 4.88. The molecule has 0 bridgehead atoms. The number of hydrogen-bond donors (Lipinski definition) is 1. The normalized spacial score (nSPS) is 22.3. The SMILES string of the molecule is CC[C@H](C)c1ccccc1OC[C@H](O)CN1CCCC[C@@H]1C. The van der Waals surface area contributed by atoms with Crippen LogP contribution in [0, 0.1) is 0 Å². The number of hydrogen-bond acceptors (Lipinski definition) is 3. The third kappa shape index (κ3) is 4.72. The van der Waals surface area contributed by atoms with Crippen molar-refractivity contribution >= 4 is 0 Å². The van der Waals surface area contributed by atoms with Crippen molar-refractivity contribution in [1.29, 1.82) is 0 Å². The van der Waals surface area contributed by atoms with Crippen molar-refractivity contribution in [2.45, 2.75) is 64.5 Å². The van der Waals surface area contributed by atoms with Crippen molar-refractivity contribution in [2.75, 3.05) is 19.7 Å². The molecule has 1 aliphatic rings. The van der Waals surface area contributed by atoms with E-state index in [0.29, 0.717) is 25.1 Å². The highest BCUT2D eigenvalue weighted by atomic mass is 16.5. The van der Waals surface area contributed by atoms with E-state index in [1.165, 1.54) is 24.8 Å². The summed E-state index contributed by atoms with van der Waals surface area (Å²) < 4.78 is 5.92. The summed E-state index contributed by atoms with van der Waals surface area (Å²) in [5, 5.41) is 10.3. The van der Waals surface area contributed by atoms with Crippen LogP contribution in [0.5, 0.6) is 5.75 Å². The summed E-state index contributed by atoms with van der Waals surface area (Å²) in [6.45, 7) is 8.85. The van der Waals surface area contributed by atoms with Crippen molar-refractivity contribution in [3.63, 3.8) is 0 Å². The fourth-order valence-electron chi connectivity index (χ4n) is 3.18. The molecule has 0 aromatic heterocycles. The van der Waals surface area contributed by atoms with Gasteiger partial charge in [0.05, 0.1) is 0 Å². The van der Waals surface area contributed by atoms with E-state index in [1.807, 2.05) is 12.1 Å². The highest BCUT2D eigenvalue weighted by Crippen LogP contribution is 2.28. The molecular formula is C19H31NO2. The second-order valence-electron chi connectivity index (χ2n) is 6.65. The minimum absolute atomic E-state index is 0.372. The van der Waals surface area contributed by atoms with Gasteiger partial charge < -0.3 is 9.84 Å². The zero-order valence-corrected chi connectivity index (χ0v) is 14.3. The molecule has 0 saturated carbocycles. The first-order valence-electron chi connectivity index (χ1n) is 8.75. The number of likely N-dealkylation sites (tertiary alicyclic amines) is 1. The Morgan fingerprint density at radius 3 is 2.82 bits per heavy atom. The fourth-order valence-corrected chi connectivity index (χ4v) is 3.18. The van der Waals surface area contributed by atoms with E-state index in [0.717, 1.165) is 18.7 Å². The zero-order valence-electron chi connectivity index (χ0n) is 14.3. The lowest BCUT2D eigenvalue weighted by molar-refractivity contribution is 0.0435. The van der Waals surface area contributed by atoms with Gasteiger partial charge in [-0.2, -0.15) is 0 Å². The first-order valence-corrected chi connectivity index (χ1v) is 8.75. The van der Waals surface area contributed by atoms with Crippen LogP contribution in [0.2, 0.25) is 0 Å². The van der Waals surface area contributed by atoms with Crippen LogP contribution in [-0.4, -0.2) is 41.8 Å². The maximum absolute atomic E-state index is 10.3. The van der Waals surface area contributed by atoms with Gasteiger partial charge in [-0.1, -0.05) is 38.5 Å². The van der Waals surface area contributed by atoms with E-state index >= 15 is 0 Å². The summed E-state index contributed by atoms with van der Waals surface area (Å²) >= 11 is 0. The van der Waals surface area contributed by atoms with Crippen LogP contribution in [0.4, 0.5) is 0 Å². The van der Waals surface area contributed by atoms with E-state index in [9.17, 15) is 5.11 Å². The summed E-state index contributed by atoms with van der Waals surface area (Å²) in [4.78, 5) is 2.39. The molecule has 0 aliphatic carbocycles. The van der Waals surface area contributed by atoms with Gasteiger partial charge in [0.25, 0.3) is 0 Å². The van der Waals surface area contributed by atoms with Gasteiger partial charge in [0.1, 0.15) is 18.5 Å². The standard InChI is InChI=1S/C19H31NO2/c1-4-15(2)18-10-5-6-11-19(18)22-14-17(21)13-20-12-8-7-9-16(20)3/h5-6,10-11,15-17,21H,4,7-9,12-14H2,1-3H3/t15-,16-,17+/m0/s1. The lowest BCUT2D eigenvalue weighted by Crippen LogP contribution is -2.43. The highest BCUT2D eigenvalue weighted by molar-refractivity contribution is 5.35. The molecular weight excluding hydrogens is 274 g/mol. The first kappa shape index (κ1) is 17.3. The van der Waals surface area contributed by atoms with Gasteiger partial charge in [-0.3, -0.25) is 4.90 Å². The molecule has 124 valence electrons. The highest BCUT2D eigenvalue weighted by Gasteiger charge is 2.21. The molecule has 0 unspecified atom stereocenters. The average molecular weight is 305 g/mol. The van der Waals surface area contributed by atoms with Crippen molar-refractivity contribution in [3.8, 4) is 5.75 Å². The second kappa shape index (κ2) is 8.54. The molecule has 1 N–H and O–H groups in total. The predicted molar refractivity (Wildman–Crippen MR) is 91.5 cm³/mol. The summed E-state index contributed by atoms with van der Waals surface area (Å²) in [7, 11) is 0. The Kier molecular flexibility index (Phi) is 6.71. The van der Waals surface area contributed by atoms with Crippen molar-refractivity contribution < 1.29 is 9.84 Å². The molecule has 0 amide bonds. The average Bonchev–Trinajstić information content (AvgIpc) is 2.54. The minimum Gasteiger partial charge on any atom is -0.491 e. The largest absolute Gasteiger partial charge is 0.491 e. The van der Waals surface area contributed by atoms with Gasteiger partial charge >= 0.3 is 0 Å². The number of para-hydroxylation sites is 1. The van der Waals surface area contributed by atoms with Crippen LogP contribution < -0.4 is 4.74 Å². The number of β-amino-alcohol motifs (C(OH)–C–C–N with tert-alkyl or cyclic N) is 1. The van der Waals surface area contributed by atoms with Gasteiger partial charge in [-0.15, -0.1) is 0 Å². The second-order valence-corrected chi connectivity index (χ2v) is 6.65. The topological polar surface area (TPSA) is 32.7 Å². The number of piperidine rings is 1. The number of benzene rings is 1. The third-order valence-corrected chi connectivity index (χ3v) is 4.88. The summed E-state index contributed by atoms with van der Waals surface area (Å²) in [6, 6.07) is 8.77. The molecule has 2 rings (SSSR count). The van der Waals surface area contributed by atoms with Gasteiger partial charge in [0, 0.05) is 12.6 Å². The van der Waals surface area contributed by atoms with E-state index in [4.69, 9.17) is 4.74 Å². The molecule has 0 spiro atoms. The molecule has 1 aromatic rings. The van der Waals surface area contributed by atoms with Crippen LogP contribution >= 0.6 is 0 Å². The van der Waals surface area contributed by atoms with Crippen LogP contribution in [0.25, 0.3) is 0 Å². The van der Waals surface area contributed by atoms with Gasteiger partial charge in [-0.25, -0.2) is 0 Å². The Bertz CT molecular complexity index is 449. The Hall–Kier alpha value is -1.06. The van der Waals surface area contributed by atoms with E-state index in [1.54, 1.807) is 0 Å². The van der Waals surface area contributed by atoms with Gasteiger partial charge in [-0.05, 0) is 50.3 Å². The molecule has 1 heterocycles. The zero-order chi connectivity index (χ0) is 15.9. The maximum atomic E-state index is 10.3. The quantitative estimate of drug-likeness (QED) is 0.831. The number of ether oxygens (including phenoxy) is 1.